The summed E-state index contributed by atoms with van der Waals surface area (Å²) in [4.78, 5) is 23.4. The maximum absolute atomic E-state index is 12.9. The molecule has 0 aliphatic heterocycles. The van der Waals surface area contributed by atoms with Crippen molar-refractivity contribution in [2.24, 2.45) is 0 Å². The fraction of sp³-hybridized carbons (Fsp3) is 0.150. The molecule has 0 aliphatic rings. The Labute approximate surface area is 147 Å². The largest absolute Gasteiger partial charge is 0.324 e. The lowest BCUT2D eigenvalue weighted by atomic mass is 10.2. The summed E-state index contributed by atoms with van der Waals surface area (Å²) in [5.74, 6) is 0.272. The molecule has 3 aromatic rings. The lowest BCUT2D eigenvalue weighted by Crippen LogP contribution is -2.31. The van der Waals surface area contributed by atoms with Gasteiger partial charge < -0.3 is 10.2 Å². The summed E-state index contributed by atoms with van der Waals surface area (Å²) in [7, 11) is 0. The molecule has 0 saturated heterocycles. The number of carbonyl (C=O) groups excluding carboxylic acids is 1. The van der Waals surface area contributed by atoms with Gasteiger partial charge in [-0.2, -0.15) is 0 Å². The maximum atomic E-state index is 12.9. The summed E-state index contributed by atoms with van der Waals surface area (Å²) in [6.45, 7) is 4.36. The third-order valence-electron chi connectivity index (χ3n) is 3.73. The van der Waals surface area contributed by atoms with Gasteiger partial charge in [-0.1, -0.05) is 36.4 Å². The summed E-state index contributed by atoms with van der Waals surface area (Å²) < 4.78 is 0. The van der Waals surface area contributed by atoms with Crippen LogP contribution in [0.5, 0.6) is 0 Å². The highest BCUT2D eigenvalue weighted by molar-refractivity contribution is 6.05. The minimum Gasteiger partial charge on any atom is -0.324 e. The van der Waals surface area contributed by atoms with Gasteiger partial charge >= 0.3 is 0 Å². The van der Waals surface area contributed by atoms with Crippen LogP contribution in [0.3, 0.4) is 0 Å². The van der Waals surface area contributed by atoms with Gasteiger partial charge in [0.05, 0.1) is 0 Å². The zero-order valence-corrected chi connectivity index (χ0v) is 14.3. The van der Waals surface area contributed by atoms with E-state index in [0.717, 1.165) is 17.1 Å². The molecule has 0 aliphatic carbocycles. The molecule has 0 atom stereocenters. The molecule has 0 radical (unpaired) electrons. The van der Waals surface area contributed by atoms with Gasteiger partial charge in [0.25, 0.3) is 5.91 Å². The number of rotatable bonds is 5. The highest BCUT2D eigenvalue weighted by Crippen LogP contribution is 2.18. The van der Waals surface area contributed by atoms with Crippen LogP contribution in [0.15, 0.2) is 66.7 Å². The fourth-order valence-corrected chi connectivity index (χ4v) is 2.57. The lowest BCUT2D eigenvalue weighted by Gasteiger charge is -2.21. The summed E-state index contributed by atoms with van der Waals surface area (Å²) >= 11 is 0. The van der Waals surface area contributed by atoms with Crippen molar-refractivity contribution in [3.63, 3.8) is 0 Å². The average molecular weight is 332 g/mol. The van der Waals surface area contributed by atoms with Crippen molar-refractivity contribution in [2.75, 3.05) is 16.8 Å². The van der Waals surface area contributed by atoms with Crippen LogP contribution in [-0.2, 0) is 0 Å². The Morgan fingerprint density at radius 2 is 1.64 bits per heavy atom. The minimum atomic E-state index is -0.143. The summed E-state index contributed by atoms with van der Waals surface area (Å²) in [6.07, 6.45) is 0. The molecule has 2 aromatic carbocycles. The summed E-state index contributed by atoms with van der Waals surface area (Å²) in [6, 6.07) is 21.0. The van der Waals surface area contributed by atoms with E-state index in [2.05, 4.69) is 15.3 Å². The average Bonchev–Trinajstić information content (AvgIpc) is 2.63. The Kier molecular flexibility index (Phi) is 5.04. The van der Waals surface area contributed by atoms with E-state index in [-0.39, 0.29) is 5.91 Å². The predicted octanol–water partition coefficient (Wildman–Crippen LogP) is 4.20. The number of amides is 1. The molecular weight excluding hydrogens is 312 g/mol. The molecule has 0 saturated carbocycles. The molecule has 0 bridgehead atoms. The lowest BCUT2D eigenvalue weighted by molar-refractivity contribution is 0.0983. The minimum absolute atomic E-state index is 0.143. The van der Waals surface area contributed by atoms with Gasteiger partial charge in [-0.15, -0.1) is 0 Å². The van der Waals surface area contributed by atoms with E-state index < -0.39 is 0 Å². The van der Waals surface area contributed by atoms with E-state index in [4.69, 9.17) is 0 Å². The standard InChI is InChI=1S/C20H20N4O/c1-3-24(17-12-8-5-9-13-17)19(25)18-14-15(2)21-20(23-18)22-16-10-6-4-7-11-16/h4-14H,3H2,1-2H3,(H,21,22,23). The molecule has 5 heteroatoms. The Hall–Kier alpha value is -3.21. The van der Waals surface area contributed by atoms with E-state index in [1.54, 1.807) is 11.0 Å². The van der Waals surface area contributed by atoms with Gasteiger partial charge in [0, 0.05) is 23.6 Å². The number of anilines is 3. The number of para-hydroxylation sites is 2. The third kappa shape index (κ3) is 4.01. The van der Waals surface area contributed by atoms with Gasteiger partial charge in [0.2, 0.25) is 5.95 Å². The van der Waals surface area contributed by atoms with E-state index in [9.17, 15) is 4.79 Å². The first-order valence-corrected chi connectivity index (χ1v) is 8.22. The first-order chi connectivity index (χ1) is 12.2. The number of carbonyl (C=O) groups is 1. The number of aryl methyl sites for hydroxylation is 1. The topological polar surface area (TPSA) is 58.1 Å². The highest BCUT2D eigenvalue weighted by atomic mass is 16.2. The van der Waals surface area contributed by atoms with E-state index >= 15 is 0 Å². The second kappa shape index (κ2) is 7.57. The van der Waals surface area contributed by atoms with E-state index in [1.807, 2.05) is 74.5 Å². The predicted molar refractivity (Wildman–Crippen MR) is 100 cm³/mol. The van der Waals surface area contributed by atoms with Crippen LogP contribution in [0, 0.1) is 6.92 Å². The molecule has 1 aromatic heterocycles. The normalized spacial score (nSPS) is 10.3. The quantitative estimate of drug-likeness (QED) is 0.761. The second-order valence-electron chi connectivity index (χ2n) is 5.59. The Morgan fingerprint density at radius 1 is 1.00 bits per heavy atom. The molecule has 0 unspecified atom stereocenters. The Morgan fingerprint density at radius 3 is 2.28 bits per heavy atom. The molecule has 1 amide bonds. The number of nitrogens with zero attached hydrogens (tertiary/aromatic N) is 3. The zero-order valence-electron chi connectivity index (χ0n) is 14.3. The van der Waals surface area contributed by atoms with Crippen LogP contribution < -0.4 is 10.2 Å². The Bertz CT molecular complexity index is 850. The second-order valence-corrected chi connectivity index (χ2v) is 5.59. The van der Waals surface area contributed by atoms with Crippen molar-refractivity contribution >= 4 is 23.2 Å². The van der Waals surface area contributed by atoms with Crippen LogP contribution in [0.4, 0.5) is 17.3 Å². The molecule has 0 spiro atoms. The van der Waals surface area contributed by atoms with Crippen molar-refractivity contribution in [2.45, 2.75) is 13.8 Å². The van der Waals surface area contributed by atoms with Crippen molar-refractivity contribution in [3.8, 4) is 0 Å². The van der Waals surface area contributed by atoms with Crippen LogP contribution in [0.1, 0.15) is 23.1 Å². The van der Waals surface area contributed by atoms with E-state index in [0.29, 0.717) is 18.2 Å². The first-order valence-electron chi connectivity index (χ1n) is 8.22. The monoisotopic (exact) mass is 332 g/mol. The van der Waals surface area contributed by atoms with Crippen molar-refractivity contribution in [1.82, 2.24) is 9.97 Å². The van der Waals surface area contributed by atoms with Crippen LogP contribution in [-0.4, -0.2) is 22.4 Å². The number of aromatic nitrogens is 2. The molecule has 3 rings (SSSR count). The molecule has 0 fully saturated rings. The number of hydrogen-bond donors (Lipinski definition) is 1. The van der Waals surface area contributed by atoms with Crippen LogP contribution in [0.25, 0.3) is 0 Å². The smallest absolute Gasteiger partial charge is 0.277 e. The number of benzene rings is 2. The van der Waals surface area contributed by atoms with Gasteiger partial charge in [-0.3, -0.25) is 4.79 Å². The maximum Gasteiger partial charge on any atom is 0.277 e. The number of nitrogens with one attached hydrogen (secondary N) is 1. The van der Waals surface area contributed by atoms with Gasteiger partial charge in [-0.05, 0) is 44.2 Å². The van der Waals surface area contributed by atoms with Crippen LogP contribution >= 0.6 is 0 Å². The van der Waals surface area contributed by atoms with Gasteiger partial charge in [-0.25, -0.2) is 9.97 Å². The fourth-order valence-electron chi connectivity index (χ4n) is 2.57. The number of hydrogen-bond acceptors (Lipinski definition) is 4. The molecular formula is C20H20N4O. The van der Waals surface area contributed by atoms with Crippen LogP contribution in [0.2, 0.25) is 0 Å². The SMILES string of the molecule is CCN(C(=O)c1cc(C)nc(Nc2ccccc2)n1)c1ccccc1. The van der Waals surface area contributed by atoms with Crippen molar-refractivity contribution < 1.29 is 4.79 Å². The van der Waals surface area contributed by atoms with Gasteiger partial charge in [0.15, 0.2) is 0 Å². The van der Waals surface area contributed by atoms with E-state index in [1.165, 1.54) is 0 Å². The van der Waals surface area contributed by atoms with Gasteiger partial charge in [0.1, 0.15) is 5.69 Å². The summed E-state index contributed by atoms with van der Waals surface area (Å²) in [5.41, 5.74) is 2.84. The zero-order chi connectivity index (χ0) is 17.6. The van der Waals surface area contributed by atoms with Crippen molar-refractivity contribution in [1.29, 1.82) is 0 Å². The Balaban J connectivity index is 1.90. The molecule has 1 heterocycles. The first kappa shape index (κ1) is 16.6. The molecule has 5 nitrogen and oxygen atoms in total. The molecule has 126 valence electrons. The molecule has 1 N–H and O–H groups in total. The third-order valence-corrected chi connectivity index (χ3v) is 3.73. The highest BCUT2D eigenvalue weighted by Gasteiger charge is 2.18. The molecule has 25 heavy (non-hydrogen) atoms. The van der Waals surface area contributed by atoms with Crippen molar-refractivity contribution in [3.05, 3.63) is 78.1 Å². The summed E-state index contributed by atoms with van der Waals surface area (Å²) in [5, 5.41) is 3.14.